The average molecular weight is 228 g/mol. The van der Waals surface area contributed by atoms with Crippen molar-refractivity contribution in [2.75, 3.05) is 26.7 Å². The Morgan fingerprint density at radius 2 is 2.19 bits per heavy atom. The average Bonchev–Trinajstić information content (AvgIpc) is 2.29. The van der Waals surface area contributed by atoms with Crippen molar-refractivity contribution >= 4 is 11.7 Å². The molecule has 0 aromatic rings. The highest BCUT2D eigenvalue weighted by molar-refractivity contribution is 6.01. The number of likely N-dealkylation sites (N-methyl/N-ethyl adjacent to an activating group) is 1. The fourth-order valence-electron chi connectivity index (χ4n) is 1.74. The first-order valence-corrected chi connectivity index (χ1v) is 5.43. The maximum absolute atomic E-state index is 12.0. The van der Waals surface area contributed by atoms with Crippen LogP contribution in [0.5, 0.6) is 0 Å². The Morgan fingerprint density at radius 1 is 1.56 bits per heavy atom. The first-order chi connectivity index (χ1) is 7.47. The van der Waals surface area contributed by atoms with Crippen molar-refractivity contribution in [2.45, 2.75) is 19.9 Å². The molecule has 0 saturated carbocycles. The van der Waals surface area contributed by atoms with Gasteiger partial charge in [-0.1, -0.05) is 5.16 Å². The van der Waals surface area contributed by atoms with Gasteiger partial charge >= 0.3 is 0 Å². The molecular weight excluding hydrogens is 208 g/mol. The molecule has 0 radical (unpaired) electrons. The summed E-state index contributed by atoms with van der Waals surface area (Å²) < 4.78 is 0. The number of amidine groups is 1. The van der Waals surface area contributed by atoms with Gasteiger partial charge in [-0.25, -0.2) is 0 Å². The minimum absolute atomic E-state index is 0.0309. The van der Waals surface area contributed by atoms with Crippen LogP contribution < -0.4 is 5.73 Å². The molecule has 1 aliphatic rings. The lowest BCUT2D eigenvalue weighted by Crippen LogP contribution is -2.54. The largest absolute Gasteiger partial charge is 0.409 e. The molecule has 1 saturated heterocycles. The molecule has 0 aromatic heterocycles. The molecule has 0 aliphatic carbocycles. The van der Waals surface area contributed by atoms with E-state index in [2.05, 4.69) is 17.0 Å². The number of hydrogen-bond acceptors (Lipinski definition) is 4. The number of piperazine rings is 1. The van der Waals surface area contributed by atoms with E-state index in [-0.39, 0.29) is 11.7 Å². The zero-order valence-electron chi connectivity index (χ0n) is 10.1. The number of carbonyl (C=O) groups excluding carboxylic acids is 1. The minimum Gasteiger partial charge on any atom is -0.409 e. The highest BCUT2D eigenvalue weighted by Crippen LogP contribution is 2.11. The third kappa shape index (κ3) is 2.63. The highest BCUT2D eigenvalue weighted by Gasteiger charge is 2.28. The summed E-state index contributed by atoms with van der Waals surface area (Å²) in [4.78, 5) is 16.0. The summed E-state index contributed by atoms with van der Waals surface area (Å²) in [5.41, 5.74) is 5.43. The molecule has 16 heavy (non-hydrogen) atoms. The van der Waals surface area contributed by atoms with Crippen molar-refractivity contribution in [3.63, 3.8) is 0 Å². The molecule has 2 unspecified atom stereocenters. The summed E-state index contributed by atoms with van der Waals surface area (Å²) in [5, 5.41) is 11.4. The van der Waals surface area contributed by atoms with Crippen molar-refractivity contribution in [1.82, 2.24) is 9.80 Å². The second-order valence-corrected chi connectivity index (χ2v) is 4.36. The van der Waals surface area contributed by atoms with E-state index in [1.807, 2.05) is 7.05 Å². The lowest BCUT2D eigenvalue weighted by molar-refractivity contribution is -0.135. The number of carbonyl (C=O) groups is 1. The van der Waals surface area contributed by atoms with E-state index in [1.165, 1.54) is 0 Å². The number of hydrogen-bond donors (Lipinski definition) is 2. The zero-order valence-corrected chi connectivity index (χ0v) is 10.1. The Bertz CT molecular complexity index is 293. The predicted octanol–water partition coefficient (Wildman–Crippen LogP) is -0.469. The normalized spacial score (nSPS) is 25.6. The molecule has 6 heteroatoms. The Kier molecular flexibility index (Phi) is 4.12. The summed E-state index contributed by atoms with van der Waals surface area (Å²) in [6.45, 7) is 5.98. The number of oxime groups is 1. The molecule has 3 N–H and O–H groups in total. The first kappa shape index (κ1) is 12.8. The first-order valence-electron chi connectivity index (χ1n) is 5.43. The van der Waals surface area contributed by atoms with E-state index in [9.17, 15) is 4.79 Å². The number of amides is 1. The van der Waals surface area contributed by atoms with E-state index >= 15 is 0 Å². The zero-order chi connectivity index (χ0) is 12.3. The van der Waals surface area contributed by atoms with Gasteiger partial charge in [-0.2, -0.15) is 0 Å². The Morgan fingerprint density at radius 3 is 2.69 bits per heavy atom. The SMILES string of the molecule is CC(C(=O)N1CCN(C)C(C)C1)C(N)=NO. The molecule has 6 nitrogen and oxygen atoms in total. The van der Waals surface area contributed by atoms with Crippen LogP contribution in [0.25, 0.3) is 0 Å². The maximum Gasteiger partial charge on any atom is 0.233 e. The van der Waals surface area contributed by atoms with Crippen molar-refractivity contribution < 1.29 is 10.0 Å². The molecule has 0 aromatic carbocycles. The van der Waals surface area contributed by atoms with Crippen LogP contribution in [0.2, 0.25) is 0 Å². The van der Waals surface area contributed by atoms with Gasteiger partial charge in [0.05, 0.1) is 5.92 Å². The van der Waals surface area contributed by atoms with Crippen LogP contribution in [0.3, 0.4) is 0 Å². The molecule has 2 atom stereocenters. The lowest BCUT2D eigenvalue weighted by Gasteiger charge is -2.38. The van der Waals surface area contributed by atoms with E-state index in [0.717, 1.165) is 6.54 Å². The fraction of sp³-hybridized carbons (Fsp3) is 0.800. The minimum atomic E-state index is -0.555. The second kappa shape index (κ2) is 5.16. The molecule has 0 spiro atoms. The van der Waals surface area contributed by atoms with E-state index in [1.54, 1.807) is 11.8 Å². The molecule has 1 amide bonds. The van der Waals surface area contributed by atoms with Gasteiger partial charge in [0, 0.05) is 25.7 Å². The van der Waals surface area contributed by atoms with Crippen LogP contribution in [0.1, 0.15) is 13.8 Å². The fourth-order valence-corrected chi connectivity index (χ4v) is 1.74. The van der Waals surface area contributed by atoms with E-state index in [0.29, 0.717) is 19.1 Å². The summed E-state index contributed by atoms with van der Waals surface area (Å²) >= 11 is 0. The van der Waals surface area contributed by atoms with Crippen molar-refractivity contribution in [3.05, 3.63) is 0 Å². The van der Waals surface area contributed by atoms with Crippen molar-refractivity contribution in [3.8, 4) is 0 Å². The molecule has 1 fully saturated rings. The van der Waals surface area contributed by atoms with Gasteiger partial charge < -0.3 is 20.7 Å². The van der Waals surface area contributed by atoms with Crippen LogP contribution in [0.15, 0.2) is 5.16 Å². The van der Waals surface area contributed by atoms with Crippen LogP contribution in [0.4, 0.5) is 0 Å². The molecule has 1 rings (SSSR count). The second-order valence-electron chi connectivity index (χ2n) is 4.36. The van der Waals surface area contributed by atoms with Gasteiger partial charge in [0.15, 0.2) is 5.84 Å². The quantitative estimate of drug-likeness (QED) is 0.290. The number of nitrogens with two attached hydrogens (primary N) is 1. The summed E-state index contributed by atoms with van der Waals surface area (Å²) in [5.74, 6) is -0.660. The number of rotatable bonds is 2. The van der Waals surface area contributed by atoms with Crippen molar-refractivity contribution in [1.29, 1.82) is 0 Å². The van der Waals surface area contributed by atoms with Crippen LogP contribution in [-0.2, 0) is 4.79 Å². The Balaban J connectivity index is 2.62. The molecule has 1 aliphatic heterocycles. The number of nitrogens with zero attached hydrogens (tertiary/aromatic N) is 3. The van der Waals surface area contributed by atoms with Gasteiger partial charge in [-0.05, 0) is 20.9 Å². The lowest BCUT2D eigenvalue weighted by atomic mass is 10.1. The third-order valence-electron chi connectivity index (χ3n) is 3.20. The summed E-state index contributed by atoms with van der Waals surface area (Å²) in [6, 6.07) is 0.345. The van der Waals surface area contributed by atoms with Crippen molar-refractivity contribution in [2.24, 2.45) is 16.8 Å². The van der Waals surface area contributed by atoms with E-state index in [4.69, 9.17) is 10.9 Å². The summed E-state index contributed by atoms with van der Waals surface area (Å²) in [7, 11) is 2.04. The molecule has 0 bridgehead atoms. The van der Waals surface area contributed by atoms with Gasteiger partial charge in [0.1, 0.15) is 0 Å². The highest BCUT2D eigenvalue weighted by atomic mass is 16.4. The summed E-state index contributed by atoms with van der Waals surface area (Å²) in [6.07, 6.45) is 0. The van der Waals surface area contributed by atoms with E-state index < -0.39 is 5.92 Å². The topological polar surface area (TPSA) is 82.2 Å². The predicted molar refractivity (Wildman–Crippen MR) is 61.2 cm³/mol. The third-order valence-corrected chi connectivity index (χ3v) is 3.20. The molecular formula is C10H20N4O2. The Labute approximate surface area is 95.7 Å². The maximum atomic E-state index is 12.0. The van der Waals surface area contributed by atoms with Crippen LogP contribution >= 0.6 is 0 Å². The molecule has 1 heterocycles. The Hall–Kier alpha value is -1.30. The van der Waals surface area contributed by atoms with Crippen LogP contribution in [0, 0.1) is 5.92 Å². The van der Waals surface area contributed by atoms with Gasteiger partial charge in [0.25, 0.3) is 0 Å². The van der Waals surface area contributed by atoms with Gasteiger partial charge in [0.2, 0.25) is 5.91 Å². The standard InChI is InChI=1S/C10H20N4O2/c1-7-6-14(5-4-13(7)3)10(15)8(2)9(11)12-16/h7-8,16H,4-6H2,1-3H3,(H2,11,12). The van der Waals surface area contributed by atoms with Crippen LogP contribution in [-0.4, -0.2) is 59.5 Å². The smallest absolute Gasteiger partial charge is 0.233 e. The molecule has 92 valence electrons. The monoisotopic (exact) mass is 228 g/mol. The van der Waals surface area contributed by atoms with Gasteiger partial charge in [-0.15, -0.1) is 0 Å². The van der Waals surface area contributed by atoms with Gasteiger partial charge in [-0.3, -0.25) is 4.79 Å².